The van der Waals surface area contributed by atoms with E-state index < -0.39 is 0 Å². The Morgan fingerprint density at radius 2 is 1.72 bits per heavy atom. The molecule has 5 rings (SSSR count). The van der Waals surface area contributed by atoms with Gasteiger partial charge in [0.25, 0.3) is 5.91 Å². The summed E-state index contributed by atoms with van der Waals surface area (Å²) in [4.78, 5) is 18.1. The van der Waals surface area contributed by atoms with Gasteiger partial charge in [0.05, 0.1) is 43.1 Å². The maximum absolute atomic E-state index is 13.3. The molecule has 2 heterocycles. The number of benzene rings is 3. The molecule has 0 aliphatic heterocycles. The average molecular weight is 482 g/mol. The van der Waals surface area contributed by atoms with Crippen LogP contribution in [-0.2, 0) is 6.54 Å². The van der Waals surface area contributed by atoms with E-state index in [1.807, 2.05) is 37.3 Å². The molecule has 0 aliphatic rings. The molecule has 0 saturated heterocycles. The van der Waals surface area contributed by atoms with Crippen molar-refractivity contribution in [2.24, 2.45) is 0 Å². The summed E-state index contributed by atoms with van der Waals surface area (Å²) >= 11 is 0. The number of ether oxygens (including phenoxy) is 2. The van der Waals surface area contributed by atoms with Gasteiger partial charge in [0.2, 0.25) is 5.95 Å². The monoisotopic (exact) mass is 481 g/mol. The summed E-state index contributed by atoms with van der Waals surface area (Å²) in [6.07, 6.45) is 0. The molecule has 0 radical (unpaired) electrons. The molecule has 1 N–H and O–H groups in total. The number of para-hydroxylation sites is 2. The fourth-order valence-corrected chi connectivity index (χ4v) is 4.17. The van der Waals surface area contributed by atoms with Gasteiger partial charge in [-0.15, -0.1) is 0 Å². The lowest BCUT2D eigenvalue weighted by atomic mass is 10.1. The third-order valence-electron chi connectivity index (χ3n) is 6.01. The van der Waals surface area contributed by atoms with E-state index in [4.69, 9.17) is 14.5 Å². The van der Waals surface area contributed by atoms with E-state index in [1.54, 1.807) is 30.0 Å². The number of fused-ring (bicyclic) bond motifs is 1. The van der Waals surface area contributed by atoms with Crippen molar-refractivity contribution in [3.63, 3.8) is 0 Å². The number of carbonyl (C=O) groups is 1. The van der Waals surface area contributed by atoms with Crippen LogP contribution < -0.4 is 14.8 Å². The maximum Gasteiger partial charge on any atom is 0.260 e. The van der Waals surface area contributed by atoms with Crippen molar-refractivity contribution in [2.75, 3.05) is 19.5 Å². The molecular formula is C28H27N5O3. The van der Waals surface area contributed by atoms with Gasteiger partial charge < -0.3 is 19.4 Å². The number of nitrogens with one attached hydrogen (secondary N) is 1. The van der Waals surface area contributed by atoms with Crippen molar-refractivity contribution in [3.8, 4) is 17.4 Å². The Balaban J connectivity index is 1.56. The van der Waals surface area contributed by atoms with Crippen LogP contribution >= 0.6 is 0 Å². The topological polar surface area (TPSA) is 83.2 Å². The molecule has 2 aromatic heterocycles. The second-order valence-electron chi connectivity index (χ2n) is 8.58. The Bertz CT molecular complexity index is 1550. The average Bonchev–Trinajstić information content (AvgIpc) is 3.44. The molecule has 3 aromatic carbocycles. The number of methoxy groups -OCH3 is 2. The number of imidazole rings is 1. The van der Waals surface area contributed by atoms with Crippen molar-refractivity contribution in [3.05, 3.63) is 95.2 Å². The number of rotatable bonds is 7. The van der Waals surface area contributed by atoms with Gasteiger partial charge in [-0.25, -0.2) is 4.98 Å². The van der Waals surface area contributed by atoms with Gasteiger partial charge in [0, 0.05) is 12.1 Å². The number of nitrogens with zero attached hydrogens (tertiary/aromatic N) is 4. The number of hydrogen-bond acceptors (Lipinski definition) is 5. The molecule has 0 spiro atoms. The van der Waals surface area contributed by atoms with E-state index in [0.717, 1.165) is 22.3 Å². The van der Waals surface area contributed by atoms with Crippen molar-refractivity contribution in [2.45, 2.75) is 20.4 Å². The zero-order valence-corrected chi connectivity index (χ0v) is 20.6. The van der Waals surface area contributed by atoms with Crippen LogP contribution in [0.25, 0.3) is 17.0 Å². The fraction of sp³-hybridized carbons (Fsp3) is 0.179. The number of anilines is 1. The summed E-state index contributed by atoms with van der Waals surface area (Å²) in [6.45, 7) is 4.56. The minimum absolute atomic E-state index is 0.322. The minimum atomic E-state index is -0.322. The van der Waals surface area contributed by atoms with Crippen molar-refractivity contribution >= 4 is 22.8 Å². The Morgan fingerprint density at radius 3 is 2.47 bits per heavy atom. The standard InChI is InChI=1S/C28H27N5O3/c1-18-9-11-20(12-10-18)17-32-24-8-6-5-7-23(24)29-28(32)33-26(15-19(2)31-33)30-27(34)22-14-13-21(35-3)16-25(22)36-4/h5-16H,17H2,1-4H3,(H,30,34). The summed E-state index contributed by atoms with van der Waals surface area (Å²) in [5, 5.41) is 7.67. The van der Waals surface area contributed by atoms with Crippen molar-refractivity contribution in [1.82, 2.24) is 19.3 Å². The van der Waals surface area contributed by atoms with Gasteiger partial charge in [-0.2, -0.15) is 9.78 Å². The van der Waals surface area contributed by atoms with Gasteiger partial charge in [0.15, 0.2) is 0 Å². The van der Waals surface area contributed by atoms with E-state index in [2.05, 4.69) is 46.2 Å². The first-order valence-electron chi connectivity index (χ1n) is 11.6. The van der Waals surface area contributed by atoms with Gasteiger partial charge in [0.1, 0.15) is 17.3 Å². The lowest BCUT2D eigenvalue weighted by molar-refractivity contribution is 0.102. The quantitative estimate of drug-likeness (QED) is 0.347. The van der Waals surface area contributed by atoms with E-state index in [9.17, 15) is 4.79 Å². The second kappa shape index (κ2) is 9.58. The molecule has 0 fully saturated rings. The third-order valence-corrected chi connectivity index (χ3v) is 6.01. The van der Waals surface area contributed by atoms with Crippen molar-refractivity contribution in [1.29, 1.82) is 0 Å². The zero-order valence-electron chi connectivity index (χ0n) is 20.6. The molecule has 0 atom stereocenters. The predicted molar refractivity (Wildman–Crippen MR) is 139 cm³/mol. The number of aromatic nitrogens is 4. The number of carbonyl (C=O) groups excluding carboxylic acids is 1. The SMILES string of the molecule is COc1ccc(C(=O)Nc2cc(C)nn2-c2nc3ccccc3n2Cc2ccc(C)cc2)c(OC)c1. The van der Waals surface area contributed by atoms with Crippen LogP contribution in [0.15, 0.2) is 72.8 Å². The van der Waals surface area contributed by atoms with Gasteiger partial charge in [-0.1, -0.05) is 42.0 Å². The highest BCUT2D eigenvalue weighted by Gasteiger charge is 2.20. The van der Waals surface area contributed by atoms with Crippen molar-refractivity contribution < 1.29 is 14.3 Å². The lowest BCUT2D eigenvalue weighted by Gasteiger charge is -2.13. The number of aryl methyl sites for hydroxylation is 2. The highest BCUT2D eigenvalue weighted by Crippen LogP contribution is 2.27. The molecule has 1 amide bonds. The highest BCUT2D eigenvalue weighted by molar-refractivity contribution is 6.06. The minimum Gasteiger partial charge on any atom is -0.497 e. The van der Waals surface area contributed by atoms with Crippen LogP contribution in [0, 0.1) is 13.8 Å². The summed E-state index contributed by atoms with van der Waals surface area (Å²) < 4.78 is 14.5. The molecule has 0 bridgehead atoms. The zero-order chi connectivity index (χ0) is 25.2. The Labute approximate surface area is 209 Å². The summed E-state index contributed by atoms with van der Waals surface area (Å²) in [5.74, 6) is 1.82. The molecule has 0 saturated carbocycles. The van der Waals surface area contributed by atoms with Crippen LogP contribution in [0.4, 0.5) is 5.82 Å². The van der Waals surface area contributed by atoms with E-state index in [1.165, 1.54) is 12.7 Å². The lowest BCUT2D eigenvalue weighted by Crippen LogP contribution is -2.18. The van der Waals surface area contributed by atoms with E-state index in [-0.39, 0.29) is 5.91 Å². The smallest absolute Gasteiger partial charge is 0.260 e. The first-order valence-corrected chi connectivity index (χ1v) is 11.6. The molecule has 8 nitrogen and oxygen atoms in total. The second-order valence-corrected chi connectivity index (χ2v) is 8.58. The third kappa shape index (κ3) is 4.40. The fourth-order valence-electron chi connectivity index (χ4n) is 4.17. The summed E-state index contributed by atoms with van der Waals surface area (Å²) in [6, 6.07) is 23.3. The van der Waals surface area contributed by atoms with Crippen LogP contribution in [0.1, 0.15) is 27.2 Å². The van der Waals surface area contributed by atoms with Crippen LogP contribution in [0.3, 0.4) is 0 Å². The van der Waals surface area contributed by atoms with Crippen LogP contribution in [0.2, 0.25) is 0 Å². The first-order chi connectivity index (χ1) is 17.5. The molecular weight excluding hydrogens is 454 g/mol. The predicted octanol–water partition coefficient (Wildman–Crippen LogP) is 5.16. The Hall–Kier alpha value is -4.59. The maximum atomic E-state index is 13.3. The summed E-state index contributed by atoms with van der Waals surface area (Å²) in [7, 11) is 3.09. The molecule has 0 unspecified atom stereocenters. The molecule has 36 heavy (non-hydrogen) atoms. The number of amides is 1. The van der Waals surface area contributed by atoms with E-state index in [0.29, 0.717) is 35.4 Å². The van der Waals surface area contributed by atoms with Gasteiger partial charge in [-0.3, -0.25) is 4.79 Å². The Kier molecular flexibility index (Phi) is 6.16. The summed E-state index contributed by atoms with van der Waals surface area (Å²) in [5.41, 5.74) is 5.31. The molecule has 182 valence electrons. The molecule has 8 heteroatoms. The van der Waals surface area contributed by atoms with Gasteiger partial charge in [-0.05, 0) is 43.7 Å². The van der Waals surface area contributed by atoms with E-state index >= 15 is 0 Å². The number of hydrogen-bond donors (Lipinski definition) is 1. The normalized spacial score (nSPS) is 11.0. The first kappa shape index (κ1) is 23.2. The van der Waals surface area contributed by atoms with Crippen LogP contribution in [0.5, 0.6) is 11.5 Å². The molecule has 5 aromatic rings. The Morgan fingerprint density at radius 1 is 0.944 bits per heavy atom. The largest absolute Gasteiger partial charge is 0.497 e. The van der Waals surface area contributed by atoms with Crippen LogP contribution in [-0.4, -0.2) is 39.5 Å². The highest BCUT2D eigenvalue weighted by atomic mass is 16.5. The molecule has 0 aliphatic carbocycles. The van der Waals surface area contributed by atoms with Gasteiger partial charge >= 0.3 is 0 Å².